The molecule has 0 saturated heterocycles. The summed E-state index contributed by atoms with van der Waals surface area (Å²) in [5.41, 5.74) is 0.936. The van der Waals surface area contributed by atoms with Crippen LogP contribution in [0.15, 0.2) is 24.3 Å². The Kier molecular flexibility index (Phi) is 10.6. The molecule has 1 N–H and O–H groups in total. The molecule has 1 rings (SSSR count). The van der Waals surface area contributed by atoms with Crippen LogP contribution in [0.25, 0.3) is 0 Å². The maximum atomic E-state index is 12.0. The van der Waals surface area contributed by atoms with Crippen molar-refractivity contribution in [2.75, 3.05) is 13.2 Å². The molecule has 158 valence electrons. The summed E-state index contributed by atoms with van der Waals surface area (Å²) in [6, 6.07) is 7.48. The quantitative estimate of drug-likeness (QED) is 0.319. The van der Waals surface area contributed by atoms with E-state index in [2.05, 4.69) is 23.9 Å². The predicted octanol–water partition coefficient (Wildman–Crippen LogP) is 4.39. The molecule has 0 aliphatic carbocycles. The van der Waals surface area contributed by atoms with Gasteiger partial charge in [0.1, 0.15) is 5.75 Å². The van der Waals surface area contributed by atoms with Crippen LogP contribution in [0.2, 0.25) is 0 Å². The minimum atomic E-state index is -5.17. The zero-order valence-electron chi connectivity index (χ0n) is 16.3. The van der Waals surface area contributed by atoms with Crippen molar-refractivity contribution in [1.29, 1.82) is 0 Å². The number of carbonyl (C=O) groups is 2. The number of benzene rings is 1. The van der Waals surface area contributed by atoms with Gasteiger partial charge in [-0.25, -0.2) is 4.79 Å². The molecule has 5 nitrogen and oxygen atoms in total. The van der Waals surface area contributed by atoms with Crippen molar-refractivity contribution < 1.29 is 32.2 Å². The zero-order chi connectivity index (χ0) is 21.0. The molecule has 1 aromatic carbocycles. The van der Waals surface area contributed by atoms with E-state index in [4.69, 9.17) is 4.74 Å². The van der Waals surface area contributed by atoms with Gasteiger partial charge < -0.3 is 14.8 Å². The predicted molar refractivity (Wildman–Crippen MR) is 98.7 cm³/mol. The summed E-state index contributed by atoms with van der Waals surface area (Å²) in [5.74, 6) is -2.36. The summed E-state index contributed by atoms with van der Waals surface area (Å²) < 4.78 is 45.5. The number of hydrogen-bond donors (Lipinski definition) is 1. The lowest BCUT2D eigenvalue weighted by atomic mass is 9.99. The SMILES string of the molecule is CCCC(CCC)COc1ccc(CNCCC(=O)OC(=O)C(F)(F)F)cc1. The monoisotopic (exact) mass is 403 g/mol. The van der Waals surface area contributed by atoms with Crippen LogP contribution in [0.5, 0.6) is 5.75 Å². The highest BCUT2D eigenvalue weighted by molar-refractivity contribution is 5.88. The van der Waals surface area contributed by atoms with Crippen LogP contribution in [0, 0.1) is 5.92 Å². The molecule has 0 atom stereocenters. The highest BCUT2D eigenvalue weighted by Gasteiger charge is 2.42. The van der Waals surface area contributed by atoms with E-state index in [9.17, 15) is 22.8 Å². The van der Waals surface area contributed by atoms with Gasteiger partial charge in [-0.2, -0.15) is 13.2 Å². The second-order valence-electron chi connectivity index (χ2n) is 6.58. The van der Waals surface area contributed by atoms with Crippen molar-refractivity contribution >= 4 is 11.9 Å². The first-order valence-electron chi connectivity index (χ1n) is 9.50. The summed E-state index contributed by atoms with van der Waals surface area (Å²) >= 11 is 0. The van der Waals surface area contributed by atoms with E-state index >= 15 is 0 Å². The topological polar surface area (TPSA) is 64.6 Å². The maximum Gasteiger partial charge on any atom is 0.491 e. The van der Waals surface area contributed by atoms with E-state index in [1.165, 1.54) is 0 Å². The van der Waals surface area contributed by atoms with Gasteiger partial charge in [0.25, 0.3) is 0 Å². The molecular weight excluding hydrogens is 375 g/mol. The Balaban J connectivity index is 2.29. The average molecular weight is 403 g/mol. The highest BCUT2D eigenvalue weighted by Crippen LogP contribution is 2.18. The third kappa shape index (κ3) is 9.73. The lowest BCUT2D eigenvalue weighted by molar-refractivity contribution is -0.201. The molecule has 0 spiro atoms. The normalized spacial score (nSPS) is 11.5. The molecule has 1 aromatic rings. The fraction of sp³-hybridized carbons (Fsp3) is 0.600. The smallest absolute Gasteiger partial charge is 0.491 e. The third-order valence-electron chi connectivity index (χ3n) is 4.08. The minimum absolute atomic E-state index is 0.0952. The second kappa shape index (κ2) is 12.4. The summed E-state index contributed by atoms with van der Waals surface area (Å²) in [5, 5.41) is 2.91. The van der Waals surface area contributed by atoms with Crippen LogP contribution >= 0.6 is 0 Å². The Labute approximate surface area is 163 Å². The average Bonchev–Trinajstić information content (AvgIpc) is 2.64. The van der Waals surface area contributed by atoms with E-state index in [0.29, 0.717) is 19.1 Å². The molecule has 8 heteroatoms. The molecule has 0 aromatic heterocycles. The van der Waals surface area contributed by atoms with Gasteiger partial charge in [0.2, 0.25) is 0 Å². The molecule has 0 saturated carbocycles. The molecule has 0 aliphatic heterocycles. The molecule has 0 heterocycles. The number of esters is 2. The fourth-order valence-corrected chi connectivity index (χ4v) is 2.68. The molecule has 0 bridgehead atoms. The zero-order valence-corrected chi connectivity index (χ0v) is 16.3. The van der Waals surface area contributed by atoms with E-state index in [1.54, 1.807) is 0 Å². The van der Waals surface area contributed by atoms with Gasteiger partial charge in [-0.15, -0.1) is 0 Å². The lowest BCUT2D eigenvalue weighted by Crippen LogP contribution is -2.29. The van der Waals surface area contributed by atoms with Gasteiger partial charge in [-0.05, 0) is 36.5 Å². The standard InChI is InChI=1S/C20H28F3NO4/c1-3-5-16(6-4-2)14-27-17-9-7-15(8-10-17)13-24-12-11-18(25)28-19(26)20(21,22)23/h7-10,16,24H,3-6,11-14H2,1-2H3. The van der Waals surface area contributed by atoms with Crippen LogP contribution in [0.1, 0.15) is 51.5 Å². The Morgan fingerprint density at radius 2 is 1.68 bits per heavy atom. The van der Waals surface area contributed by atoms with Crippen molar-refractivity contribution in [3.05, 3.63) is 29.8 Å². The van der Waals surface area contributed by atoms with Crippen LogP contribution < -0.4 is 10.1 Å². The van der Waals surface area contributed by atoms with Crippen molar-refractivity contribution in [1.82, 2.24) is 5.32 Å². The van der Waals surface area contributed by atoms with E-state index < -0.39 is 18.1 Å². The third-order valence-corrected chi connectivity index (χ3v) is 4.08. The van der Waals surface area contributed by atoms with Crippen LogP contribution in [0.4, 0.5) is 13.2 Å². The van der Waals surface area contributed by atoms with Crippen molar-refractivity contribution in [3.8, 4) is 5.75 Å². The maximum absolute atomic E-state index is 12.0. The Morgan fingerprint density at radius 3 is 2.21 bits per heavy atom. The van der Waals surface area contributed by atoms with Crippen molar-refractivity contribution in [2.24, 2.45) is 5.92 Å². The van der Waals surface area contributed by atoms with Crippen molar-refractivity contribution in [3.63, 3.8) is 0 Å². The Bertz CT molecular complexity index is 596. The first-order chi connectivity index (χ1) is 13.3. The van der Waals surface area contributed by atoms with Gasteiger partial charge >= 0.3 is 18.1 Å². The summed E-state index contributed by atoms with van der Waals surface area (Å²) in [4.78, 5) is 21.7. The Morgan fingerprint density at radius 1 is 1.07 bits per heavy atom. The minimum Gasteiger partial charge on any atom is -0.493 e. The first kappa shape index (κ1) is 23.9. The van der Waals surface area contributed by atoms with E-state index in [1.807, 2.05) is 24.3 Å². The van der Waals surface area contributed by atoms with Gasteiger partial charge in [0.05, 0.1) is 13.0 Å². The van der Waals surface area contributed by atoms with Gasteiger partial charge in [0, 0.05) is 13.1 Å². The molecule has 0 amide bonds. The summed E-state index contributed by atoms with van der Waals surface area (Å²) in [6.45, 7) is 5.54. The van der Waals surface area contributed by atoms with E-state index in [-0.39, 0.29) is 13.0 Å². The lowest BCUT2D eigenvalue weighted by Gasteiger charge is -2.16. The molecule has 0 aliphatic rings. The van der Waals surface area contributed by atoms with Gasteiger partial charge in [-0.3, -0.25) is 4.79 Å². The number of halogens is 3. The second-order valence-corrected chi connectivity index (χ2v) is 6.58. The number of carbonyl (C=O) groups excluding carboxylic acids is 2. The number of nitrogens with one attached hydrogen (secondary N) is 1. The highest BCUT2D eigenvalue weighted by atomic mass is 19.4. The number of alkyl halides is 3. The molecule has 0 unspecified atom stereocenters. The number of rotatable bonds is 12. The molecule has 0 radical (unpaired) electrons. The molecule has 0 fully saturated rings. The summed E-state index contributed by atoms with van der Waals surface area (Å²) in [6.07, 6.45) is -0.938. The van der Waals surface area contributed by atoms with Crippen LogP contribution in [-0.4, -0.2) is 31.3 Å². The number of hydrogen-bond acceptors (Lipinski definition) is 5. The van der Waals surface area contributed by atoms with Gasteiger partial charge in [-0.1, -0.05) is 38.8 Å². The fourth-order valence-electron chi connectivity index (χ4n) is 2.68. The largest absolute Gasteiger partial charge is 0.493 e. The number of ether oxygens (including phenoxy) is 2. The van der Waals surface area contributed by atoms with Gasteiger partial charge in [0.15, 0.2) is 0 Å². The van der Waals surface area contributed by atoms with Crippen LogP contribution in [-0.2, 0) is 20.9 Å². The van der Waals surface area contributed by atoms with Crippen molar-refractivity contribution in [2.45, 2.75) is 58.7 Å². The first-order valence-corrected chi connectivity index (χ1v) is 9.50. The molecule has 28 heavy (non-hydrogen) atoms. The summed E-state index contributed by atoms with van der Waals surface area (Å²) in [7, 11) is 0. The van der Waals surface area contributed by atoms with E-state index in [0.717, 1.165) is 37.0 Å². The Hall–Kier alpha value is -2.09. The van der Waals surface area contributed by atoms with Crippen LogP contribution in [0.3, 0.4) is 0 Å². The molecular formula is C20H28F3NO4.